The minimum Gasteiger partial charge on any atom is -0.460 e. The molecule has 3 atom stereocenters. The molecular formula is C40H41N7O11. The fourth-order valence-electron chi connectivity index (χ4n) is 5.75. The topological polar surface area (TPSA) is 231 Å². The molecule has 302 valence electrons. The number of aromatic nitrogens is 4. The van der Waals surface area contributed by atoms with Gasteiger partial charge < -0.3 is 34.3 Å². The molecule has 0 aliphatic carbocycles. The number of hydrogen-bond donors (Lipinski definition) is 4. The van der Waals surface area contributed by atoms with Gasteiger partial charge >= 0.3 is 24.1 Å². The second-order valence-electron chi connectivity index (χ2n) is 13.3. The van der Waals surface area contributed by atoms with Crippen LogP contribution < -0.4 is 21.5 Å². The standard InChI is InChI=1S/C40H41N7O11/c1-24(2)36(50)45-38-44-35-33(37(51)46-38)43-34(27-16-10-5-11-17-27)47(35)30-18-28(58-40(53)42-20-32(49)55-22-26-14-8-4-9-15-26)29(57-30)23-56-39(52)41-19-31(48)54-21-25-12-6-3-7-13-25/h3-17,24,28-30H,18-23H2,1-2H3,(H,41,52)(H,42,53)(H2,44,45,46,50,51)/t28-,29-,30-/m1/s1. The minimum absolute atomic E-state index is 0.00309. The normalized spacial score (nSPS) is 16.0. The Balaban J connectivity index is 1.19. The summed E-state index contributed by atoms with van der Waals surface area (Å²) in [6.45, 7) is 1.92. The molecule has 3 amide bonds. The zero-order valence-corrected chi connectivity index (χ0v) is 31.5. The Hall–Kier alpha value is -7.08. The van der Waals surface area contributed by atoms with Crippen LogP contribution in [0.4, 0.5) is 15.5 Å². The van der Waals surface area contributed by atoms with Crippen molar-refractivity contribution in [2.45, 2.75) is 51.9 Å². The molecule has 58 heavy (non-hydrogen) atoms. The SMILES string of the molecule is CC(C)C(=O)Nc1nc2c(nc(-c3ccccc3)n2[C@H]2C[C@@H](OC(=O)NCC(=O)OCc3ccccc3)[C@@H](COC(=O)NCC(=O)OCc3ccccc3)O2)c(=O)[nH]1. The van der Waals surface area contributed by atoms with Gasteiger partial charge in [0.2, 0.25) is 11.9 Å². The fourth-order valence-corrected chi connectivity index (χ4v) is 5.75. The first-order valence-corrected chi connectivity index (χ1v) is 18.3. The Labute approximate surface area is 331 Å². The summed E-state index contributed by atoms with van der Waals surface area (Å²) in [4.78, 5) is 88.0. The number of anilines is 1. The van der Waals surface area contributed by atoms with Crippen LogP contribution in [0.2, 0.25) is 0 Å². The molecule has 6 rings (SSSR count). The maximum absolute atomic E-state index is 13.3. The fraction of sp³-hybridized carbons (Fsp3) is 0.300. The van der Waals surface area contributed by atoms with Crippen LogP contribution in [-0.4, -0.2) is 81.5 Å². The quantitative estimate of drug-likeness (QED) is 0.0869. The molecule has 2 aromatic heterocycles. The van der Waals surface area contributed by atoms with E-state index in [1.54, 1.807) is 92.7 Å². The van der Waals surface area contributed by atoms with E-state index in [4.69, 9.17) is 23.7 Å². The Morgan fingerprint density at radius 1 is 0.793 bits per heavy atom. The Kier molecular flexibility index (Phi) is 13.4. The Morgan fingerprint density at radius 2 is 1.36 bits per heavy atom. The van der Waals surface area contributed by atoms with Gasteiger partial charge in [0, 0.05) is 17.9 Å². The molecule has 1 fully saturated rings. The van der Waals surface area contributed by atoms with Crippen molar-refractivity contribution in [1.82, 2.24) is 30.2 Å². The number of aromatic amines is 1. The molecule has 5 aromatic rings. The van der Waals surface area contributed by atoms with E-state index < -0.39 is 79.6 Å². The summed E-state index contributed by atoms with van der Waals surface area (Å²) in [7, 11) is 0. The molecule has 0 unspecified atom stereocenters. The molecule has 1 aliphatic heterocycles. The molecule has 18 heteroatoms. The summed E-state index contributed by atoms with van der Waals surface area (Å²) >= 11 is 0. The zero-order chi connectivity index (χ0) is 41.0. The van der Waals surface area contributed by atoms with Gasteiger partial charge in [0.05, 0.1) is 0 Å². The van der Waals surface area contributed by atoms with E-state index in [1.807, 2.05) is 12.1 Å². The number of ether oxygens (including phenoxy) is 5. The van der Waals surface area contributed by atoms with Crippen LogP contribution >= 0.6 is 0 Å². The van der Waals surface area contributed by atoms with Crippen LogP contribution in [0, 0.1) is 5.92 Å². The van der Waals surface area contributed by atoms with Crippen molar-refractivity contribution in [3.05, 3.63) is 112 Å². The molecule has 18 nitrogen and oxygen atoms in total. The summed E-state index contributed by atoms with van der Waals surface area (Å²) in [5.41, 5.74) is 1.46. The molecule has 3 aromatic carbocycles. The number of alkyl carbamates (subject to hydrolysis) is 2. The van der Waals surface area contributed by atoms with E-state index in [9.17, 15) is 28.8 Å². The number of amides is 3. The van der Waals surface area contributed by atoms with E-state index in [0.717, 1.165) is 11.1 Å². The van der Waals surface area contributed by atoms with E-state index in [1.165, 1.54) is 4.57 Å². The first kappa shape index (κ1) is 40.6. The third kappa shape index (κ3) is 10.8. The molecule has 0 bridgehead atoms. The summed E-state index contributed by atoms with van der Waals surface area (Å²) in [6.07, 6.45) is -5.28. The molecule has 1 saturated heterocycles. The number of hydrogen-bond acceptors (Lipinski definition) is 13. The summed E-state index contributed by atoms with van der Waals surface area (Å²) in [5.74, 6) is -2.09. The van der Waals surface area contributed by atoms with E-state index in [2.05, 4.69) is 30.9 Å². The monoisotopic (exact) mass is 795 g/mol. The lowest BCUT2D eigenvalue weighted by molar-refractivity contribution is -0.144. The molecule has 0 spiro atoms. The van der Waals surface area contributed by atoms with Gasteiger partial charge in [-0.15, -0.1) is 0 Å². The summed E-state index contributed by atoms with van der Waals surface area (Å²) in [6, 6.07) is 26.9. The number of nitrogens with one attached hydrogen (secondary N) is 4. The maximum atomic E-state index is 13.3. The molecule has 3 heterocycles. The van der Waals surface area contributed by atoms with Gasteiger partial charge in [0.15, 0.2) is 11.2 Å². The average Bonchev–Trinajstić information content (AvgIpc) is 3.82. The third-order valence-electron chi connectivity index (χ3n) is 8.69. The summed E-state index contributed by atoms with van der Waals surface area (Å²) in [5, 5.41) is 7.28. The number of H-pyrrole nitrogens is 1. The largest absolute Gasteiger partial charge is 0.460 e. The van der Waals surface area contributed by atoms with Crippen molar-refractivity contribution in [2.24, 2.45) is 5.92 Å². The van der Waals surface area contributed by atoms with Crippen molar-refractivity contribution in [3.63, 3.8) is 0 Å². The number of benzene rings is 3. The number of nitrogens with zero attached hydrogens (tertiary/aromatic N) is 3. The number of fused-ring (bicyclic) bond motifs is 1. The second kappa shape index (κ2) is 19.2. The molecule has 4 N–H and O–H groups in total. The van der Waals surface area contributed by atoms with Gasteiger partial charge in [-0.05, 0) is 11.1 Å². The number of carbonyl (C=O) groups is 5. The smallest absolute Gasteiger partial charge is 0.408 e. The highest BCUT2D eigenvalue weighted by Gasteiger charge is 2.42. The van der Waals surface area contributed by atoms with Crippen molar-refractivity contribution < 1.29 is 47.7 Å². The predicted octanol–water partition coefficient (Wildman–Crippen LogP) is 3.98. The second-order valence-corrected chi connectivity index (χ2v) is 13.3. The third-order valence-corrected chi connectivity index (χ3v) is 8.69. The highest BCUT2D eigenvalue weighted by Crippen LogP contribution is 2.36. The average molecular weight is 796 g/mol. The van der Waals surface area contributed by atoms with Gasteiger partial charge in [0.25, 0.3) is 5.56 Å². The van der Waals surface area contributed by atoms with Gasteiger partial charge in [0.1, 0.15) is 57.2 Å². The lowest BCUT2D eigenvalue weighted by Gasteiger charge is -2.19. The van der Waals surface area contributed by atoms with E-state index in [-0.39, 0.29) is 42.6 Å². The maximum Gasteiger partial charge on any atom is 0.408 e. The zero-order valence-electron chi connectivity index (χ0n) is 31.5. The molecular weight excluding hydrogens is 754 g/mol. The van der Waals surface area contributed by atoms with Crippen LogP contribution in [0.1, 0.15) is 37.6 Å². The van der Waals surface area contributed by atoms with Crippen LogP contribution in [0.5, 0.6) is 0 Å². The molecule has 0 radical (unpaired) electrons. The highest BCUT2D eigenvalue weighted by molar-refractivity contribution is 5.91. The predicted molar refractivity (Wildman–Crippen MR) is 206 cm³/mol. The Morgan fingerprint density at radius 3 is 1.95 bits per heavy atom. The van der Waals surface area contributed by atoms with Crippen molar-refractivity contribution in [2.75, 3.05) is 25.0 Å². The minimum atomic E-state index is -1.11. The Bertz CT molecular complexity index is 2280. The van der Waals surface area contributed by atoms with Gasteiger partial charge in [-0.1, -0.05) is 105 Å². The number of rotatable bonds is 15. The van der Waals surface area contributed by atoms with Crippen LogP contribution in [-0.2, 0) is 51.3 Å². The van der Waals surface area contributed by atoms with Gasteiger partial charge in [-0.2, -0.15) is 4.98 Å². The first-order chi connectivity index (χ1) is 28.0. The van der Waals surface area contributed by atoms with Crippen LogP contribution in [0.15, 0.2) is 95.8 Å². The number of imidazole rings is 1. The lowest BCUT2D eigenvalue weighted by Crippen LogP contribution is -2.39. The van der Waals surface area contributed by atoms with Crippen molar-refractivity contribution in [1.29, 1.82) is 0 Å². The number of carbonyl (C=O) groups excluding carboxylic acids is 5. The van der Waals surface area contributed by atoms with Crippen molar-refractivity contribution >= 4 is 47.1 Å². The van der Waals surface area contributed by atoms with Gasteiger partial charge in [-0.25, -0.2) is 14.6 Å². The highest BCUT2D eigenvalue weighted by atomic mass is 16.6. The van der Waals surface area contributed by atoms with Crippen LogP contribution in [0.3, 0.4) is 0 Å². The molecule has 1 aliphatic rings. The molecule has 0 saturated carbocycles. The summed E-state index contributed by atoms with van der Waals surface area (Å²) < 4.78 is 29.4. The first-order valence-electron chi connectivity index (χ1n) is 18.3. The van der Waals surface area contributed by atoms with E-state index in [0.29, 0.717) is 5.56 Å². The van der Waals surface area contributed by atoms with Crippen molar-refractivity contribution in [3.8, 4) is 11.4 Å². The lowest BCUT2D eigenvalue weighted by atomic mass is 10.1. The van der Waals surface area contributed by atoms with Gasteiger partial charge in [-0.3, -0.25) is 34.0 Å². The van der Waals surface area contributed by atoms with E-state index >= 15 is 0 Å². The van der Waals surface area contributed by atoms with Crippen LogP contribution in [0.25, 0.3) is 22.6 Å². The number of esters is 2.